The highest BCUT2D eigenvalue weighted by molar-refractivity contribution is 6.15. The van der Waals surface area contributed by atoms with Gasteiger partial charge in [-0.05, 0) is 55.2 Å². The van der Waals surface area contributed by atoms with Crippen molar-refractivity contribution in [3.8, 4) is 0 Å². The van der Waals surface area contributed by atoms with E-state index >= 15 is 0 Å². The van der Waals surface area contributed by atoms with Crippen molar-refractivity contribution in [1.29, 1.82) is 0 Å². The molecule has 5 heteroatoms. The minimum atomic E-state index is -0.395. The zero-order valence-electron chi connectivity index (χ0n) is 14.3. The van der Waals surface area contributed by atoms with Crippen molar-refractivity contribution in [2.24, 2.45) is 5.92 Å². The molecule has 0 bridgehead atoms. The molecule has 0 radical (unpaired) electrons. The van der Waals surface area contributed by atoms with Gasteiger partial charge in [-0.1, -0.05) is 25.1 Å². The molecule has 1 aliphatic heterocycles. The number of allylic oxidation sites excluding steroid dienone is 2. The molecule has 1 amide bonds. The number of halogens is 2. The number of rotatable bonds is 3. The largest absolute Gasteiger partial charge is 0.351 e. The molecule has 1 N–H and O–H groups in total. The van der Waals surface area contributed by atoms with E-state index in [1.165, 1.54) is 29.2 Å². The average Bonchev–Trinajstić information content (AvgIpc) is 2.87. The Kier molecular flexibility index (Phi) is 4.07. The van der Waals surface area contributed by atoms with Gasteiger partial charge in [-0.2, -0.15) is 0 Å². The summed E-state index contributed by atoms with van der Waals surface area (Å²) in [6.45, 7) is 2.12. The molecule has 0 aromatic heterocycles. The highest BCUT2D eigenvalue weighted by Gasteiger charge is 2.38. The molecule has 1 heterocycles. The fourth-order valence-electron chi connectivity index (χ4n) is 3.49. The predicted molar refractivity (Wildman–Crippen MR) is 97.4 cm³/mol. The molecule has 3 nitrogen and oxygen atoms in total. The topological polar surface area (TPSA) is 32.3 Å². The number of carbonyl (C=O) groups is 1. The molecule has 1 atom stereocenters. The first-order chi connectivity index (χ1) is 12.5. The van der Waals surface area contributed by atoms with Gasteiger partial charge < -0.3 is 5.32 Å². The van der Waals surface area contributed by atoms with Crippen LogP contribution in [-0.4, -0.2) is 5.91 Å². The number of benzene rings is 2. The molecule has 2 aromatic rings. The zero-order valence-corrected chi connectivity index (χ0v) is 14.3. The molecule has 2 aliphatic rings. The van der Waals surface area contributed by atoms with Crippen molar-refractivity contribution in [2.45, 2.75) is 19.8 Å². The minimum absolute atomic E-state index is 0.254. The number of nitrogens with one attached hydrogen (secondary N) is 1. The minimum Gasteiger partial charge on any atom is -0.351 e. The standard InChI is InChI=1S/C21H18F2N2O/c1-13-8-9-19-18(10-13)20(24-16-6-2-4-14(22)11-16)21(26)25(19)17-7-3-5-15(23)12-17/h2-7,9,11-13,24H,8,10H2,1H3. The van der Waals surface area contributed by atoms with Crippen molar-refractivity contribution in [3.63, 3.8) is 0 Å². The van der Waals surface area contributed by atoms with Gasteiger partial charge in [-0.3, -0.25) is 9.69 Å². The van der Waals surface area contributed by atoms with Crippen molar-refractivity contribution in [2.75, 3.05) is 10.2 Å². The average molecular weight is 352 g/mol. The van der Waals surface area contributed by atoms with E-state index in [0.717, 1.165) is 24.1 Å². The summed E-state index contributed by atoms with van der Waals surface area (Å²) in [5, 5.41) is 3.08. The Morgan fingerprint density at radius 2 is 1.81 bits per heavy atom. The van der Waals surface area contributed by atoms with Crippen molar-refractivity contribution >= 4 is 17.3 Å². The lowest BCUT2D eigenvalue weighted by Gasteiger charge is -2.24. The summed E-state index contributed by atoms with van der Waals surface area (Å²) in [4.78, 5) is 14.7. The van der Waals surface area contributed by atoms with E-state index in [4.69, 9.17) is 0 Å². The number of nitrogens with zero attached hydrogens (tertiary/aromatic N) is 1. The second kappa shape index (κ2) is 6.41. The lowest BCUT2D eigenvalue weighted by molar-refractivity contribution is -0.114. The summed E-state index contributed by atoms with van der Waals surface area (Å²) in [7, 11) is 0. The van der Waals surface area contributed by atoms with Gasteiger partial charge in [0.05, 0.1) is 11.4 Å². The van der Waals surface area contributed by atoms with Gasteiger partial charge >= 0.3 is 0 Å². The molecule has 0 saturated heterocycles. The monoisotopic (exact) mass is 352 g/mol. The van der Waals surface area contributed by atoms with Crippen molar-refractivity contribution in [3.05, 3.63) is 83.2 Å². The Hall–Kier alpha value is -2.95. The van der Waals surface area contributed by atoms with Gasteiger partial charge in [0.2, 0.25) is 0 Å². The first kappa shape index (κ1) is 16.5. The third-order valence-corrected chi connectivity index (χ3v) is 4.70. The first-order valence-electron chi connectivity index (χ1n) is 8.59. The third kappa shape index (κ3) is 2.90. The van der Waals surface area contributed by atoms with Crippen LogP contribution in [0.3, 0.4) is 0 Å². The van der Waals surface area contributed by atoms with Crippen LogP contribution in [0.1, 0.15) is 19.8 Å². The predicted octanol–water partition coefficient (Wildman–Crippen LogP) is 4.99. The van der Waals surface area contributed by atoms with E-state index in [-0.39, 0.29) is 11.7 Å². The molecular weight excluding hydrogens is 334 g/mol. The maximum atomic E-state index is 13.7. The maximum absolute atomic E-state index is 13.7. The number of carbonyl (C=O) groups excluding carboxylic acids is 1. The normalized spacial score (nSPS) is 19.5. The number of fused-ring (bicyclic) bond motifs is 1. The van der Waals surface area contributed by atoms with Gasteiger partial charge in [-0.25, -0.2) is 8.78 Å². The molecule has 0 fully saturated rings. The smallest absolute Gasteiger partial charge is 0.279 e. The Balaban J connectivity index is 1.77. The Morgan fingerprint density at radius 1 is 1.08 bits per heavy atom. The molecule has 0 spiro atoms. The van der Waals surface area contributed by atoms with Crippen LogP contribution in [0.25, 0.3) is 0 Å². The molecule has 1 aliphatic carbocycles. The van der Waals surface area contributed by atoms with Crippen LogP contribution in [0.15, 0.2) is 71.6 Å². The van der Waals surface area contributed by atoms with E-state index in [1.807, 2.05) is 6.08 Å². The van der Waals surface area contributed by atoms with Gasteiger partial charge in [0, 0.05) is 11.3 Å². The number of hydrogen-bond acceptors (Lipinski definition) is 2. The van der Waals surface area contributed by atoms with Gasteiger partial charge in [-0.15, -0.1) is 0 Å². The van der Waals surface area contributed by atoms with Crippen LogP contribution in [-0.2, 0) is 4.79 Å². The SMILES string of the molecule is CC1CC=C2C(=C(Nc3cccc(F)c3)C(=O)N2c2cccc(F)c2)C1. The molecule has 1 unspecified atom stereocenters. The third-order valence-electron chi connectivity index (χ3n) is 4.70. The van der Waals surface area contributed by atoms with Crippen molar-refractivity contribution < 1.29 is 13.6 Å². The summed E-state index contributed by atoms with van der Waals surface area (Å²) < 4.78 is 27.2. The summed E-state index contributed by atoms with van der Waals surface area (Å²) >= 11 is 0. The molecular formula is C21H18F2N2O. The van der Waals surface area contributed by atoms with Crippen molar-refractivity contribution in [1.82, 2.24) is 0 Å². The first-order valence-corrected chi connectivity index (χ1v) is 8.59. The summed E-state index contributed by atoms with van der Waals surface area (Å²) in [5.41, 5.74) is 3.11. The lowest BCUT2D eigenvalue weighted by Crippen LogP contribution is -2.27. The number of anilines is 2. The zero-order chi connectivity index (χ0) is 18.3. The van der Waals surface area contributed by atoms with Gasteiger partial charge in [0.15, 0.2) is 0 Å². The second-order valence-electron chi connectivity index (χ2n) is 6.74. The van der Waals surface area contributed by atoms with Crippen LogP contribution in [0.5, 0.6) is 0 Å². The fraction of sp³-hybridized carbons (Fsp3) is 0.190. The van der Waals surface area contributed by atoms with E-state index in [9.17, 15) is 13.6 Å². The fourth-order valence-corrected chi connectivity index (χ4v) is 3.49. The Bertz CT molecular complexity index is 949. The molecule has 0 saturated carbocycles. The second-order valence-corrected chi connectivity index (χ2v) is 6.74. The van der Waals surface area contributed by atoms with Gasteiger partial charge in [0.25, 0.3) is 5.91 Å². The molecule has 132 valence electrons. The molecule has 26 heavy (non-hydrogen) atoms. The quantitative estimate of drug-likeness (QED) is 0.844. The van der Waals surface area contributed by atoms with E-state index < -0.39 is 5.82 Å². The Morgan fingerprint density at radius 3 is 2.54 bits per heavy atom. The maximum Gasteiger partial charge on any atom is 0.279 e. The van der Waals surface area contributed by atoms with Crippen LogP contribution in [0.4, 0.5) is 20.2 Å². The van der Waals surface area contributed by atoms with Crippen LogP contribution >= 0.6 is 0 Å². The van der Waals surface area contributed by atoms with Crippen LogP contribution in [0.2, 0.25) is 0 Å². The van der Waals surface area contributed by atoms with Crippen LogP contribution < -0.4 is 10.2 Å². The molecule has 4 rings (SSSR count). The summed E-state index contributed by atoms with van der Waals surface area (Å²) in [5.74, 6) is -0.623. The van der Waals surface area contributed by atoms with E-state index in [1.54, 1.807) is 24.3 Å². The summed E-state index contributed by atoms with van der Waals surface area (Å²) in [6, 6.07) is 12.0. The Labute approximate surface area is 150 Å². The highest BCUT2D eigenvalue weighted by Crippen LogP contribution is 2.41. The highest BCUT2D eigenvalue weighted by atomic mass is 19.1. The number of amides is 1. The molecule has 2 aromatic carbocycles. The summed E-state index contributed by atoms with van der Waals surface area (Å²) in [6.07, 6.45) is 3.61. The number of hydrogen-bond donors (Lipinski definition) is 1. The van der Waals surface area contributed by atoms with Gasteiger partial charge in [0.1, 0.15) is 17.3 Å². The lowest BCUT2D eigenvalue weighted by atomic mass is 9.90. The van der Waals surface area contributed by atoms with E-state index in [0.29, 0.717) is 23.0 Å². The van der Waals surface area contributed by atoms with Crippen LogP contribution in [0, 0.1) is 17.6 Å². The van der Waals surface area contributed by atoms with E-state index in [2.05, 4.69) is 12.2 Å².